The fourth-order valence-electron chi connectivity index (χ4n) is 4.27. The molecule has 2 unspecified atom stereocenters. The average molecular weight is 430 g/mol. The lowest BCUT2D eigenvalue weighted by Crippen LogP contribution is -2.16. The molecule has 0 aliphatic heterocycles. The normalized spacial score (nSPS) is 14.7. The molecule has 1 aromatic carbocycles. The van der Waals surface area contributed by atoms with E-state index in [0.717, 1.165) is 5.56 Å². The predicted molar refractivity (Wildman–Crippen MR) is 135 cm³/mol. The number of unbranched alkanes of at least 4 members (excludes halogenated alkanes) is 7. The van der Waals surface area contributed by atoms with Crippen LogP contribution in [0.25, 0.3) is 0 Å². The second-order valence-electron chi connectivity index (χ2n) is 11.6. The van der Waals surface area contributed by atoms with Gasteiger partial charge in [0, 0.05) is 10.2 Å². The average Bonchev–Trinajstić information content (AvgIpc) is 2.63. The molecule has 0 heterocycles. The Hall–Kier alpha value is -0.763. The molecule has 0 saturated carbocycles. The zero-order valence-electron chi connectivity index (χ0n) is 21.1. The van der Waals surface area contributed by atoms with Gasteiger partial charge in [0.05, 0.1) is 0 Å². The molecule has 0 aromatic heterocycles. The van der Waals surface area contributed by atoms with E-state index in [1.165, 1.54) is 76.2 Å². The van der Waals surface area contributed by atoms with Crippen molar-refractivity contribution in [2.45, 2.75) is 136 Å². The third-order valence-corrected chi connectivity index (χ3v) is 7.01. The summed E-state index contributed by atoms with van der Waals surface area (Å²) in [6, 6.07) is 6.33. The topological polar surface area (TPSA) is 20.2 Å². The maximum absolute atomic E-state index is 10.4. The van der Waals surface area contributed by atoms with Crippen LogP contribution >= 0.6 is 0 Å². The van der Waals surface area contributed by atoms with Crippen LogP contribution in [0.5, 0.6) is 5.75 Å². The van der Waals surface area contributed by atoms with E-state index in [4.69, 9.17) is 0 Å². The van der Waals surface area contributed by atoms with Crippen molar-refractivity contribution in [3.63, 3.8) is 0 Å². The molecule has 1 N–H and O–H groups in total. The minimum atomic E-state index is -0.0479. The number of hydrogen-bond donors (Lipinski definition) is 1. The fraction of sp³-hybridized carbons (Fsp3) is 0.786. The third kappa shape index (κ3) is 10.5. The van der Waals surface area contributed by atoms with Crippen molar-refractivity contribution in [3.8, 4) is 5.75 Å². The SMILES string of the molecule is CCCCCCCCCCC([Si])C(CCC(C)(C)C)c1ccc(O)c(C(C)(C)C)c1. The van der Waals surface area contributed by atoms with E-state index >= 15 is 0 Å². The van der Waals surface area contributed by atoms with Gasteiger partial charge in [-0.1, -0.05) is 118 Å². The second kappa shape index (κ2) is 12.9. The van der Waals surface area contributed by atoms with Crippen molar-refractivity contribution in [2.75, 3.05) is 0 Å². The van der Waals surface area contributed by atoms with Crippen molar-refractivity contribution in [1.29, 1.82) is 0 Å². The molecule has 1 nitrogen and oxygen atoms in total. The first-order valence-corrected chi connectivity index (χ1v) is 13.1. The largest absolute Gasteiger partial charge is 0.508 e. The predicted octanol–water partition coefficient (Wildman–Crippen LogP) is 9.09. The monoisotopic (exact) mass is 429 g/mol. The zero-order valence-corrected chi connectivity index (χ0v) is 22.1. The Kier molecular flexibility index (Phi) is 11.8. The van der Waals surface area contributed by atoms with Crippen LogP contribution < -0.4 is 0 Å². The van der Waals surface area contributed by atoms with Crippen LogP contribution in [0.15, 0.2) is 18.2 Å². The smallest absolute Gasteiger partial charge is 0.119 e. The van der Waals surface area contributed by atoms with Gasteiger partial charge in [-0.25, -0.2) is 0 Å². The number of benzene rings is 1. The summed E-state index contributed by atoms with van der Waals surface area (Å²) in [6.45, 7) is 15.8. The molecule has 3 radical (unpaired) electrons. The van der Waals surface area contributed by atoms with Gasteiger partial charge in [0.15, 0.2) is 0 Å². The number of phenolic OH excluding ortho intramolecular Hbond substituents is 1. The van der Waals surface area contributed by atoms with Gasteiger partial charge in [-0.15, -0.1) is 0 Å². The quantitative estimate of drug-likeness (QED) is 0.245. The van der Waals surface area contributed by atoms with Crippen LogP contribution in [0.4, 0.5) is 0 Å². The lowest BCUT2D eigenvalue weighted by molar-refractivity contribution is 0.340. The third-order valence-electron chi connectivity index (χ3n) is 6.32. The van der Waals surface area contributed by atoms with E-state index in [9.17, 15) is 5.11 Å². The second-order valence-corrected chi connectivity index (χ2v) is 12.3. The highest BCUT2D eigenvalue weighted by Crippen LogP contribution is 2.41. The maximum Gasteiger partial charge on any atom is 0.119 e. The lowest BCUT2D eigenvalue weighted by Gasteiger charge is -2.30. The summed E-state index contributed by atoms with van der Waals surface area (Å²) in [4.78, 5) is 0. The Balaban J connectivity index is 2.76. The molecule has 1 rings (SSSR count). The highest BCUT2D eigenvalue weighted by molar-refractivity contribution is 6.12. The molecule has 0 fully saturated rings. The maximum atomic E-state index is 10.4. The number of hydrogen-bond acceptors (Lipinski definition) is 1. The molecule has 2 heteroatoms. The summed E-state index contributed by atoms with van der Waals surface area (Å²) in [7, 11) is 4.14. The molecule has 0 aliphatic rings. The Morgan fingerprint density at radius 2 is 1.40 bits per heavy atom. The van der Waals surface area contributed by atoms with Crippen molar-refractivity contribution < 1.29 is 5.11 Å². The molecule has 0 saturated heterocycles. The van der Waals surface area contributed by atoms with Gasteiger partial charge < -0.3 is 5.11 Å². The molecule has 30 heavy (non-hydrogen) atoms. The summed E-state index contributed by atoms with van der Waals surface area (Å²) in [5, 5.41) is 10.4. The van der Waals surface area contributed by atoms with Gasteiger partial charge in [0.25, 0.3) is 0 Å². The highest BCUT2D eigenvalue weighted by atomic mass is 28.1. The van der Waals surface area contributed by atoms with Crippen molar-refractivity contribution in [1.82, 2.24) is 0 Å². The van der Waals surface area contributed by atoms with E-state index in [-0.39, 0.29) is 5.41 Å². The van der Waals surface area contributed by atoms with Gasteiger partial charge in [-0.3, -0.25) is 0 Å². The fourth-order valence-corrected chi connectivity index (χ4v) is 4.84. The van der Waals surface area contributed by atoms with Crippen LogP contribution in [-0.2, 0) is 5.41 Å². The Morgan fingerprint density at radius 3 is 1.93 bits per heavy atom. The first-order chi connectivity index (χ1) is 14.0. The lowest BCUT2D eigenvalue weighted by atomic mass is 9.79. The van der Waals surface area contributed by atoms with Crippen molar-refractivity contribution in [3.05, 3.63) is 29.3 Å². The standard InChI is InChI=1S/C28H49OSi/c1-8-9-10-11-12-13-14-15-16-26(30)23(19-20-27(2,3)4)22-17-18-25(29)24(21-22)28(5,6)7/h17-18,21,23,26,29H,8-16,19-20H2,1-7H3. The molecule has 0 amide bonds. The van der Waals surface area contributed by atoms with Crippen molar-refractivity contribution >= 4 is 10.2 Å². The first kappa shape index (κ1) is 27.3. The van der Waals surface area contributed by atoms with Crippen LogP contribution in [0, 0.1) is 5.41 Å². The van der Waals surface area contributed by atoms with Crippen LogP contribution in [0.3, 0.4) is 0 Å². The molecule has 2 atom stereocenters. The molecule has 171 valence electrons. The number of aromatic hydroxyl groups is 1. The highest BCUT2D eigenvalue weighted by Gasteiger charge is 2.25. The van der Waals surface area contributed by atoms with Gasteiger partial charge >= 0.3 is 0 Å². The minimum absolute atomic E-state index is 0.0479. The Labute approximate surface area is 191 Å². The van der Waals surface area contributed by atoms with Gasteiger partial charge in [0.2, 0.25) is 0 Å². The van der Waals surface area contributed by atoms with Gasteiger partial charge in [-0.05, 0) is 52.3 Å². The van der Waals surface area contributed by atoms with E-state index in [1.54, 1.807) is 0 Å². The summed E-state index contributed by atoms with van der Waals surface area (Å²) in [6.07, 6.45) is 14.6. The summed E-state index contributed by atoms with van der Waals surface area (Å²) in [5.41, 5.74) is 3.22. The minimum Gasteiger partial charge on any atom is -0.508 e. The molecular weight excluding hydrogens is 380 g/mol. The van der Waals surface area contributed by atoms with E-state index < -0.39 is 0 Å². The van der Waals surface area contributed by atoms with Crippen LogP contribution in [0.2, 0.25) is 5.54 Å². The summed E-state index contributed by atoms with van der Waals surface area (Å²) < 4.78 is 0. The number of phenols is 1. The van der Waals surface area contributed by atoms with E-state index in [1.807, 2.05) is 6.07 Å². The molecule has 0 spiro atoms. The van der Waals surface area contributed by atoms with Gasteiger partial charge in [-0.2, -0.15) is 0 Å². The van der Waals surface area contributed by atoms with E-state index in [2.05, 4.69) is 70.8 Å². The summed E-state index contributed by atoms with van der Waals surface area (Å²) in [5.74, 6) is 0.918. The van der Waals surface area contributed by atoms with Crippen molar-refractivity contribution in [2.24, 2.45) is 5.41 Å². The molecule has 1 aromatic rings. The Bertz CT molecular complexity index is 594. The number of rotatable bonds is 13. The Morgan fingerprint density at radius 1 is 0.833 bits per heavy atom. The van der Waals surface area contributed by atoms with Gasteiger partial charge in [0.1, 0.15) is 5.75 Å². The zero-order chi connectivity index (χ0) is 22.8. The van der Waals surface area contributed by atoms with E-state index in [0.29, 0.717) is 22.6 Å². The summed E-state index contributed by atoms with van der Waals surface area (Å²) >= 11 is 0. The van der Waals surface area contributed by atoms with Crippen LogP contribution in [-0.4, -0.2) is 15.3 Å². The van der Waals surface area contributed by atoms with Crippen LogP contribution in [0.1, 0.15) is 136 Å². The molecular formula is C28H49OSi. The molecule has 0 aliphatic carbocycles. The first-order valence-electron chi connectivity index (χ1n) is 12.5. The molecule has 0 bridgehead atoms.